The maximum Gasteiger partial charge on any atom is 0.338 e. The van der Waals surface area contributed by atoms with E-state index in [0.29, 0.717) is 5.56 Å². The van der Waals surface area contributed by atoms with Crippen molar-refractivity contribution in [1.29, 1.82) is 0 Å². The first-order valence-corrected chi connectivity index (χ1v) is 6.34. The number of esters is 1. The van der Waals surface area contributed by atoms with Crippen molar-refractivity contribution in [1.82, 2.24) is 0 Å². The van der Waals surface area contributed by atoms with Crippen LogP contribution in [-0.2, 0) is 14.2 Å². The maximum atomic E-state index is 12.1. The molecule has 0 bridgehead atoms. The van der Waals surface area contributed by atoms with Crippen molar-refractivity contribution in [3.8, 4) is 0 Å². The van der Waals surface area contributed by atoms with Gasteiger partial charge in [-0.1, -0.05) is 29.9 Å². The Hall–Kier alpha value is -2.50. The maximum absolute atomic E-state index is 12.1. The van der Waals surface area contributed by atoms with E-state index >= 15 is 0 Å². The molecule has 1 aromatic carbocycles. The molecule has 3 atom stereocenters. The fourth-order valence-corrected chi connectivity index (χ4v) is 2.04. The highest BCUT2D eigenvalue weighted by atomic mass is 16.7. The summed E-state index contributed by atoms with van der Waals surface area (Å²) in [5.41, 5.74) is 9.04. The summed E-state index contributed by atoms with van der Waals surface area (Å²) in [4.78, 5) is 14.8. The minimum atomic E-state index is -0.833. The molecule has 0 aromatic heterocycles. The largest absolute Gasteiger partial charge is 0.466 e. The lowest BCUT2D eigenvalue weighted by molar-refractivity contribution is -0.143. The Kier molecular flexibility index (Phi) is 4.81. The molecule has 1 aliphatic heterocycles. The third-order valence-electron chi connectivity index (χ3n) is 3.09. The summed E-state index contributed by atoms with van der Waals surface area (Å²) in [5.74, 6) is -0.325. The molecule has 0 radical (unpaired) electrons. The number of carbonyl (C=O) groups is 1. The van der Waals surface area contributed by atoms with Gasteiger partial charge in [0, 0.05) is 18.4 Å². The molecule has 2 rings (SSSR count). The van der Waals surface area contributed by atoms with Crippen LogP contribution in [0, 0.1) is 0 Å². The third kappa shape index (κ3) is 3.53. The first kappa shape index (κ1) is 14.9. The van der Waals surface area contributed by atoms with Crippen molar-refractivity contribution in [3.63, 3.8) is 0 Å². The fourth-order valence-electron chi connectivity index (χ4n) is 2.04. The minimum absolute atomic E-state index is 0.204. The molecule has 7 nitrogen and oxygen atoms in total. The van der Waals surface area contributed by atoms with E-state index in [0.717, 1.165) is 0 Å². The highest BCUT2D eigenvalue weighted by Gasteiger charge is 2.37. The molecule has 21 heavy (non-hydrogen) atoms. The standard InChI is InChI=1S/C14H15N3O4/c1-9-13(11(16-17-15)8-12(19-2)20-9)21-14(18)10-6-4-3-5-7-10/h3-7,11-13H,1,8H2,2H3/t11-,12+,13+/m0/s1. The third-order valence-corrected chi connectivity index (χ3v) is 3.09. The SMILES string of the molecule is C=C1O[C@@H](OC)C[C@H](N=[N+]=[N-])[C@@H]1OC(=O)c1ccccc1. The van der Waals surface area contributed by atoms with Gasteiger partial charge in [0.05, 0.1) is 11.6 Å². The Morgan fingerprint density at radius 3 is 2.81 bits per heavy atom. The van der Waals surface area contributed by atoms with E-state index in [1.807, 2.05) is 0 Å². The molecule has 1 aliphatic rings. The lowest BCUT2D eigenvalue weighted by Gasteiger charge is -2.34. The second-order valence-corrected chi connectivity index (χ2v) is 4.45. The first-order chi connectivity index (χ1) is 10.2. The Morgan fingerprint density at radius 2 is 2.19 bits per heavy atom. The van der Waals surface area contributed by atoms with Crippen LogP contribution in [0.4, 0.5) is 0 Å². The van der Waals surface area contributed by atoms with E-state index in [4.69, 9.17) is 19.7 Å². The highest BCUT2D eigenvalue weighted by molar-refractivity contribution is 5.89. The predicted molar refractivity (Wildman–Crippen MR) is 74.2 cm³/mol. The fraction of sp³-hybridized carbons (Fsp3) is 0.357. The van der Waals surface area contributed by atoms with Crippen LogP contribution >= 0.6 is 0 Å². The highest BCUT2D eigenvalue weighted by Crippen LogP contribution is 2.28. The average molecular weight is 289 g/mol. The van der Waals surface area contributed by atoms with Crippen LogP contribution in [0.2, 0.25) is 0 Å². The van der Waals surface area contributed by atoms with Crippen LogP contribution in [0.1, 0.15) is 16.8 Å². The van der Waals surface area contributed by atoms with Gasteiger partial charge in [-0.2, -0.15) is 0 Å². The number of hydrogen-bond donors (Lipinski definition) is 0. The number of nitrogens with zero attached hydrogens (tertiary/aromatic N) is 3. The molecule has 0 unspecified atom stereocenters. The van der Waals surface area contributed by atoms with Gasteiger partial charge >= 0.3 is 5.97 Å². The molecule has 1 saturated heterocycles. The summed E-state index contributed by atoms with van der Waals surface area (Å²) in [6.45, 7) is 3.71. The van der Waals surface area contributed by atoms with Gasteiger partial charge in [0.15, 0.2) is 12.4 Å². The lowest BCUT2D eigenvalue weighted by atomic mass is 10.0. The van der Waals surface area contributed by atoms with Gasteiger partial charge in [0.1, 0.15) is 5.76 Å². The van der Waals surface area contributed by atoms with Crippen molar-refractivity contribution >= 4 is 5.97 Å². The zero-order valence-electron chi connectivity index (χ0n) is 11.5. The van der Waals surface area contributed by atoms with Crippen molar-refractivity contribution in [2.24, 2.45) is 5.11 Å². The summed E-state index contributed by atoms with van der Waals surface area (Å²) in [7, 11) is 1.47. The second-order valence-electron chi connectivity index (χ2n) is 4.45. The quantitative estimate of drug-likeness (QED) is 0.368. The molecule has 0 aliphatic carbocycles. The monoisotopic (exact) mass is 289 g/mol. The zero-order chi connectivity index (χ0) is 15.2. The number of azide groups is 1. The smallest absolute Gasteiger partial charge is 0.338 e. The van der Waals surface area contributed by atoms with Crippen molar-refractivity contribution in [2.45, 2.75) is 24.9 Å². The summed E-state index contributed by atoms with van der Waals surface area (Å²) >= 11 is 0. The predicted octanol–water partition coefficient (Wildman–Crippen LogP) is 2.80. The number of ether oxygens (including phenoxy) is 3. The van der Waals surface area contributed by atoms with Gasteiger partial charge in [-0.25, -0.2) is 4.79 Å². The van der Waals surface area contributed by atoms with Gasteiger partial charge < -0.3 is 14.2 Å². The summed E-state index contributed by atoms with van der Waals surface area (Å²) in [6, 6.07) is 7.91. The molecule has 110 valence electrons. The summed E-state index contributed by atoms with van der Waals surface area (Å²) in [5, 5.41) is 3.64. The van der Waals surface area contributed by atoms with E-state index in [9.17, 15) is 4.79 Å². The van der Waals surface area contributed by atoms with Crippen LogP contribution in [0.15, 0.2) is 47.8 Å². The van der Waals surface area contributed by atoms with E-state index in [1.54, 1.807) is 30.3 Å². The first-order valence-electron chi connectivity index (χ1n) is 6.34. The summed E-state index contributed by atoms with van der Waals surface area (Å²) < 4.78 is 15.8. The molecule has 7 heteroatoms. The zero-order valence-corrected chi connectivity index (χ0v) is 11.5. The lowest BCUT2D eigenvalue weighted by Crippen LogP contribution is -2.41. The number of rotatable bonds is 4. The van der Waals surface area contributed by atoms with Gasteiger partial charge in [-0.15, -0.1) is 0 Å². The number of benzene rings is 1. The summed E-state index contributed by atoms with van der Waals surface area (Å²) in [6.07, 6.45) is -1.12. The molecular formula is C14H15N3O4. The molecule has 0 amide bonds. The van der Waals surface area contributed by atoms with Crippen LogP contribution in [0.3, 0.4) is 0 Å². The van der Waals surface area contributed by atoms with E-state index in [-0.39, 0.29) is 12.2 Å². The van der Waals surface area contributed by atoms with Gasteiger partial charge in [-0.05, 0) is 17.7 Å². The molecule has 1 heterocycles. The molecule has 1 fully saturated rings. The van der Waals surface area contributed by atoms with Crippen LogP contribution in [0.5, 0.6) is 0 Å². The number of methoxy groups -OCH3 is 1. The van der Waals surface area contributed by atoms with Gasteiger partial charge in [0.2, 0.25) is 0 Å². The van der Waals surface area contributed by atoms with Crippen molar-refractivity contribution < 1.29 is 19.0 Å². The normalized spacial score (nSPS) is 24.6. The van der Waals surface area contributed by atoms with Gasteiger partial charge in [0.25, 0.3) is 0 Å². The van der Waals surface area contributed by atoms with Crippen molar-refractivity contribution in [2.75, 3.05) is 7.11 Å². The van der Waals surface area contributed by atoms with E-state index in [2.05, 4.69) is 16.6 Å². The molecule has 1 aromatic rings. The molecule has 0 N–H and O–H groups in total. The van der Waals surface area contributed by atoms with Crippen molar-refractivity contribution in [3.05, 3.63) is 58.7 Å². The topological polar surface area (TPSA) is 93.5 Å². The second kappa shape index (κ2) is 6.78. The molecular weight excluding hydrogens is 274 g/mol. The Bertz CT molecular complexity index is 569. The average Bonchev–Trinajstić information content (AvgIpc) is 2.51. The number of carbonyl (C=O) groups excluding carboxylic acids is 1. The van der Waals surface area contributed by atoms with E-state index < -0.39 is 24.4 Å². The van der Waals surface area contributed by atoms with Crippen LogP contribution < -0.4 is 0 Å². The Balaban J connectivity index is 2.14. The number of hydrogen-bond acceptors (Lipinski definition) is 5. The molecule has 0 spiro atoms. The Labute approximate surface area is 121 Å². The van der Waals surface area contributed by atoms with E-state index in [1.165, 1.54) is 7.11 Å². The molecule has 0 saturated carbocycles. The Morgan fingerprint density at radius 1 is 1.48 bits per heavy atom. The van der Waals surface area contributed by atoms with Crippen LogP contribution in [-0.4, -0.2) is 31.5 Å². The van der Waals surface area contributed by atoms with Crippen LogP contribution in [0.25, 0.3) is 10.4 Å². The minimum Gasteiger partial charge on any atom is -0.466 e. The van der Waals surface area contributed by atoms with Gasteiger partial charge in [-0.3, -0.25) is 0 Å².